The molecule has 1 aromatic heterocycles. The second-order valence-corrected chi connectivity index (χ2v) is 5.23. The molecular weight excluding hydrogens is 313 g/mol. The average molecular weight is 335 g/mol. The van der Waals surface area contributed by atoms with Gasteiger partial charge in [0.05, 0.1) is 11.9 Å². The molecule has 0 saturated carbocycles. The molecule has 0 aliphatic carbocycles. The number of hydrogen-bond acceptors (Lipinski definition) is 2. The minimum absolute atomic E-state index is 1.04. The molecule has 0 radical (unpaired) electrons. The second kappa shape index (κ2) is 8.96. The van der Waals surface area contributed by atoms with Crippen LogP contribution >= 0.6 is 22.6 Å². The smallest absolute Gasteiger partial charge is 0.0725 e. The summed E-state index contributed by atoms with van der Waals surface area (Å²) in [6.45, 7) is 3.26. The van der Waals surface area contributed by atoms with Crippen LogP contribution < -0.4 is 0 Å². The van der Waals surface area contributed by atoms with E-state index in [2.05, 4.69) is 44.5 Å². The normalized spacial score (nSPS) is 10.9. The first kappa shape index (κ1) is 13.9. The van der Waals surface area contributed by atoms with Crippen LogP contribution in [-0.2, 0) is 13.0 Å². The second-order valence-electron chi connectivity index (χ2n) is 4.16. The fraction of sp³-hybridized carbons (Fsp3) is 0.833. The summed E-state index contributed by atoms with van der Waals surface area (Å²) in [4.78, 5) is 0. The van der Waals surface area contributed by atoms with Crippen LogP contribution in [0.2, 0.25) is 0 Å². The SMILES string of the molecule is CCCCc1cnnn1CCCCCCI. The van der Waals surface area contributed by atoms with Crippen LogP contribution in [0.1, 0.15) is 51.1 Å². The summed E-state index contributed by atoms with van der Waals surface area (Å²) >= 11 is 2.44. The summed E-state index contributed by atoms with van der Waals surface area (Å²) in [5.74, 6) is 0. The number of rotatable bonds is 9. The zero-order valence-corrected chi connectivity index (χ0v) is 12.3. The third-order valence-electron chi connectivity index (χ3n) is 2.74. The minimum Gasteiger partial charge on any atom is -0.249 e. The summed E-state index contributed by atoms with van der Waals surface area (Å²) in [5.41, 5.74) is 1.30. The van der Waals surface area contributed by atoms with Crippen LogP contribution in [0, 0.1) is 0 Å². The summed E-state index contributed by atoms with van der Waals surface area (Å²) in [6, 6.07) is 0. The summed E-state index contributed by atoms with van der Waals surface area (Å²) < 4.78 is 3.36. The predicted molar refractivity (Wildman–Crippen MR) is 76.0 cm³/mol. The number of aryl methyl sites for hydroxylation is 2. The highest BCUT2D eigenvalue weighted by molar-refractivity contribution is 14.1. The van der Waals surface area contributed by atoms with Gasteiger partial charge in [-0.1, -0.05) is 54.0 Å². The zero-order valence-electron chi connectivity index (χ0n) is 10.2. The van der Waals surface area contributed by atoms with Gasteiger partial charge in [-0.25, -0.2) is 4.68 Å². The van der Waals surface area contributed by atoms with Gasteiger partial charge in [-0.2, -0.15) is 0 Å². The number of alkyl halides is 1. The predicted octanol–water partition coefficient (Wildman–Crippen LogP) is 3.62. The molecule has 0 aliphatic rings. The van der Waals surface area contributed by atoms with Crippen molar-refractivity contribution in [2.75, 3.05) is 4.43 Å². The minimum atomic E-state index is 1.04. The molecule has 0 aliphatic heterocycles. The number of nitrogens with zero attached hydrogens (tertiary/aromatic N) is 3. The molecule has 1 aromatic rings. The topological polar surface area (TPSA) is 30.7 Å². The Morgan fingerprint density at radius 2 is 2.00 bits per heavy atom. The Hall–Kier alpha value is -0.130. The third kappa shape index (κ3) is 5.27. The van der Waals surface area contributed by atoms with Crippen LogP contribution in [0.5, 0.6) is 0 Å². The molecule has 0 fully saturated rings. The van der Waals surface area contributed by atoms with Gasteiger partial charge in [-0.05, 0) is 30.1 Å². The van der Waals surface area contributed by atoms with Crippen LogP contribution in [0.15, 0.2) is 6.20 Å². The van der Waals surface area contributed by atoms with Gasteiger partial charge in [0, 0.05) is 6.54 Å². The molecule has 0 bridgehead atoms. The monoisotopic (exact) mass is 335 g/mol. The Balaban J connectivity index is 2.22. The Morgan fingerprint density at radius 1 is 1.19 bits per heavy atom. The van der Waals surface area contributed by atoms with Gasteiger partial charge in [-0.3, -0.25) is 0 Å². The van der Waals surface area contributed by atoms with Crippen molar-refractivity contribution in [3.05, 3.63) is 11.9 Å². The van der Waals surface area contributed by atoms with Gasteiger partial charge < -0.3 is 0 Å². The quantitative estimate of drug-likeness (QED) is 0.392. The van der Waals surface area contributed by atoms with Crippen molar-refractivity contribution in [2.45, 2.75) is 58.4 Å². The van der Waals surface area contributed by atoms with Crippen molar-refractivity contribution in [2.24, 2.45) is 0 Å². The molecule has 4 heteroatoms. The largest absolute Gasteiger partial charge is 0.249 e. The first-order valence-electron chi connectivity index (χ1n) is 6.31. The van der Waals surface area contributed by atoms with Crippen molar-refractivity contribution in [3.8, 4) is 0 Å². The standard InChI is InChI=1S/C12H22IN3/c1-2-3-8-12-11-14-15-16(12)10-7-5-4-6-9-13/h11H,2-10H2,1H3. The summed E-state index contributed by atoms with van der Waals surface area (Å²) in [7, 11) is 0. The molecule has 0 unspecified atom stereocenters. The maximum Gasteiger partial charge on any atom is 0.0725 e. The number of halogens is 1. The number of aromatic nitrogens is 3. The van der Waals surface area contributed by atoms with E-state index in [9.17, 15) is 0 Å². The van der Waals surface area contributed by atoms with Gasteiger partial charge >= 0.3 is 0 Å². The molecule has 1 rings (SSSR count). The van der Waals surface area contributed by atoms with E-state index in [1.165, 1.54) is 48.6 Å². The molecule has 3 nitrogen and oxygen atoms in total. The lowest BCUT2D eigenvalue weighted by Gasteiger charge is -2.05. The van der Waals surface area contributed by atoms with Crippen LogP contribution in [0.3, 0.4) is 0 Å². The van der Waals surface area contributed by atoms with E-state index in [1.807, 2.05) is 6.20 Å². The molecule has 0 aromatic carbocycles. The van der Waals surface area contributed by atoms with Crippen molar-refractivity contribution in [3.63, 3.8) is 0 Å². The highest BCUT2D eigenvalue weighted by Gasteiger charge is 2.02. The van der Waals surface area contributed by atoms with Crippen molar-refractivity contribution < 1.29 is 0 Å². The number of unbranched alkanes of at least 4 members (excludes halogenated alkanes) is 4. The summed E-state index contributed by atoms with van der Waals surface area (Å²) in [6.07, 6.45) is 10.8. The van der Waals surface area contributed by atoms with Gasteiger partial charge in [0.25, 0.3) is 0 Å². The highest BCUT2D eigenvalue weighted by atomic mass is 127. The van der Waals surface area contributed by atoms with Crippen molar-refractivity contribution in [1.82, 2.24) is 15.0 Å². The first-order valence-corrected chi connectivity index (χ1v) is 7.84. The Kier molecular flexibility index (Phi) is 7.80. The van der Waals surface area contributed by atoms with E-state index in [1.54, 1.807) is 0 Å². The molecule has 16 heavy (non-hydrogen) atoms. The van der Waals surface area contributed by atoms with Crippen LogP contribution in [-0.4, -0.2) is 19.4 Å². The molecule has 1 heterocycles. The van der Waals surface area contributed by atoms with Crippen LogP contribution in [0.25, 0.3) is 0 Å². The molecule has 0 amide bonds. The number of hydrogen-bond donors (Lipinski definition) is 0. The maximum absolute atomic E-state index is 4.15. The molecule has 0 spiro atoms. The van der Waals surface area contributed by atoms with Crippen molar-refractivity contribution >= 4 is 22.6 Å². The van der Waals surface area contributed by atoms with E-state index in [0.717, 1.165) is 13.0 Å². The molecule has 0 saturated heterocycles. The van der Waals surface area contributed by atoms with E-state index >= 15 is 0 Å². The summed E-state index contributed by atoms with van der Waals surface area (Å²) in [5, 5.41) is 8.15. The van der Waals surface area contributed by atoms with Crippen LogP contribution in [0.4, 0.5) is 0 Å². The Bertz CT molecular complexity index is 273. The lowest BCUT2D eigenvalue weighted by molar-refractivity contribution is 0.509. The van der Waals surface area contributed by atoms with E-state index in [0.29, 0.717) is 0 Å². The van der Waals surface area contributed by atoms with Gasteiger partial charge in [0.1, 0.15) is 0 Å². The zero-order chi connectivity index (χ0) is 11.6. The fourth-order valence-corrected chi connectivity index (χ4v) is 2.27. The fourth-order valence-electron chi connectivity index (χ4n) is 1.73. The third-order valence-corrected chi connectivity index (χ3v) is 3.50. The van der Waals surface area contributed by atoms with E-state index in [-0.39, 0.29) is 0 Å². The molecule has 0 N–H and O–H groups in total. The van der Waals surface area contributed by atoms with Crippen molar-refractivity contribution in [1.29, 1.82) is 0 Å². The lowest BCUT2D eigenvalue weighted by Crippen LogP contribution is -2.05. The molecule has 92 valence electrons. The average Bonchev–Trinajstić information content (AvgIpc) is 2.74. The molecular formula is C12H22IN3. The van der Waals surface area contributed by atoms with E-state index in [4.69, 9.17) is 0 Å². The molecule has 0 atom stereocenters. The Morgan fingerprint density at radius 3 is 2.75 bits per heavy atom. The van der Waals surface area contributed by atoms with Gasteiger partial charge in [0.15, 0.2) is 0 Å². The highest BCUT2D eigenvalue weighted by Crippen LogP contribution is 2.07. The maximum atomic E-state index is 4.15. The lowest BCUT2D eigenvalue weighted by atomic mass is 10.2. The first-order chi connectivity index (χ1) is 7.88. The van der Waals surface area contributed by atoms with Gasteiger partial charge in [0.2, 0.25) is 0 Å². The Labute approximate surface area is 112 Å². The van der Waals surface area contributed by atoms with E-state index < -0.39 is 0 Å². The van der Waals surface area contributed by atoms with Gasteiger partial charge in [-0.15, -0.1) is 5.10 Å².